The van der Waals surface area contributed by atoms with Crippen molar-refractivity contribution in [2.45, 2.75) is 39.3 Å². The van der Waals surface area contributed by atoms with Crippen molar-refractivity contribution in [3.05, 3.63) is 30.3 Å². The normalized spacial score (nSPS) is 17.6. The number of anilines is 1. The third-order valence-electron chi connectivity index (χ3n) is 4.34. The summed E-state index contributed by atoms with van der Waals surface area (Å²) in [5, 5.41) is 6.85. The van der Waals surface area contributed by atoms with E-state index in [4.69, 9.17) is 0 Å². The van der Waals surface area contributed by atoms with Crippen molar-refractivity contribution in [2.24, 2.45) is 4.99 Å². The summed E-state index contributed by atoms with van der Waals surface area (Å²) in [6.07, 6.45) is 0. The highest BCUT2D eigenvalue weighted by molar-refractivity contribution is 14.0. The summed E-state index contributed by atoms with van der Waals surface area (Å²) in [5.41, 5.74) is 1.35. The molecule has 0 amide bonds. The van der Waals surface area contributed by atoms with Gasteiger partial charge in [0.15, 0.2) is 5.96 Å². The molecular weight excluding hydrogens is 425 g/mol. The number of nitrogens with one attached hydrogen (secondary N) is 2. The number of guanidine groups is 1. The van der Waals surface area contributed by atoms with E-state index in [0.717, 1.165) is 38.7 Å². The highest BCUT2D eigenvalue weighted by Crippen LogP contribution is 2.16. The Morgan fingerprint density at radius 3 is 2.24 bits per heavy atom. The average Bonchev–Trinajstić information content (AvgIpc) is 2.58. The number of benzene rings is 1. The topological polar surface area (TPSA) is 42.9 Å². The Morgan fingerprint density at radius 2 is 1.72 bits per heavy atom. The van der Waals surface area contributed by atoms with Crippen LogP contribution in [0, 0.1) is 0 Å². The van der Waals surface area contributed by atoms with Crippen LogP contribution in [0.4, 0.5) is 5.69 Å². The van der Waals surface area contributed by atoms with Gasteiger partial charge in [-0.05, 0) is 39.8 Å². The molecule has 2 rings (SSSR count). The molecule has 1 fully saturated rings. The van der Waals surface area contributed by atoms with Crippen molar-refractivity contribution >= 4 is 35.6 Å². The predicted molar refractivity (Wildman–Crippen MR) is 119 cm³/mol. The van der Waals surface area contributed by atoms with Crippen molar-refractivity contribution < 1.29 is 0 Å². The zero-order chi connectivity index (χ0) is 17.6. The van der Waals surface area contributed by atoms with Crippen molar-refractivity contribution in [3.63, 3.8) is 0 Å². The van der Waals surface area contributed by atoms with Crippen LogP contribution >= 0.6 is 24.0 Å². The first-order chi connectivity index (χ1) is 11.4. The average molecular weight is 459 g/mol. The molecule has 2 N–H and O–H groups in total. The Hall–Kier alpha value is -1.02. The molecule has 142 valence electrons. The molecular formula is C19H34IN5. The molecule has 1 saturated heterocycles. The molecule has 1 atom stereocenters. The first-order valence-electron chi connectivity index (χ1n) is 8.92. The van der Waals surface area contributed by atoms with E-state index in [-0.39, 0.29) is 29.5 Å². The standard InChI is InChI=1S/C19H33N5.HI/c1-16(15-21-18(20-5)22-19(2,3)4)23-11-13-24(14-12-23)17-9-7-6-8-10-17;/h6-10,16H,11-15H2,1-5H3,(H2,20,21,22);1H. The van der Waals surface area contributed by atoms with E-state index >= 15 is 0 Å². The van der Waals surface area contributed by atoms with Gasteiger partial charge in [0, 0.05) is 57.0 Å². The summed E-state index contributed by atoms with van der Waals surface area (Å²) in [7, 11) is 1.82. The molecule has 0 aromatic heterocycles. The number of halogens is 1. The van der Waals surface area contributed by atoms with Crippen LogP contribution in [0.3, 0.4) is 0 Å². The summed E-state index contributed by atoms with van der Waals surface area (Å²) < 4.78 is 0. The highest BCUT2D eigenvalue weighted by Gasteiger charge is 2.21. The van der Waals surface area contributed by atoms with Gasteiger partial charge in [-0.3, -0.25) is 9.89 Å². The lowest BCUT2D eigenvalue weighted by Crippen LogP contribution is -2.54. The van der Waals surface area contributed by atoms with Crippen LogP contribution < -0.4 is 15.5 Å². The van der Waals surface area contributed by atoms with Crippen molar-refractivity contribution in [3.8, 4) is 0 Å². The van der Waals surface area contributed by atoms with Gasteiger partial charge >= 0.3 is 0 Å². The molecule has 0 aliphatic carbocycles. The minimum absolute atomic E-state index is 0. The van der Waals surface area contributed by atoms with Crippen LogP contribution in [0.25, 0.3) is 0 Å². The van der Waals surface area contributed by atoms with Crippen molar-refractivity contribution in [1.29, 1.82) is 0 Å². The lowest BCUT2D eigenvalue weighted by molar-refractivity contribution is 0.197. The number of aliphatic imine (C=N–C) groups is 1. The van der Waals surface area contributed by atoms with Crippen LogP contribution in [0.1, 0.15) is 27.7 Å². The smallest absolute Gasteiger partial charge is 0.191 e. The van der Waals surface area contributed by atoms with E-state index in [1.165, 1.54) is 5.69 Å². The van der Waals surface area contributed by atoms with Gasteiger partial charge in [-0.2, -0.15) is 0 Å². The number of hydrogen-bond donors (Lipinski definition) is 2. The molecule has 1 aliphatic rings. The van der Waals surface area contributed by atoms with Gasteiger partial charge in [0.25, 0.3) is 0 Å². The van der Waals surface area contributed by atoms with Crippen LogP contribution in [0.15, 0.2) is 35.3 Å². The van der Waals surface area contributed by atoms with E-state index in [1.54, 1.807) is 0 Å². The Morgan fingerprint density at radius 1 is 1.12 bits per heavy atom. The van der Waals surface area contributed by atoms with Gasteiger partial charge in [-0.1, -0.05) is 18.2 Å². The highest BCUT2D eigenvalue weighted by atomic mass is 127. The maximum atomic E-state index is 4.31. The number of hydrogen-bond acceptors (Lipinski definition) is 3. The number of piperazine rings is 1. The molecule has 1 unspecified atom stereocenters. The third-order valence-corrected chi connectivity index (χ3v) is 4.34. The van der Waals surface area contributed by atoms with E-state index in [2.05, 4.69) is 83.5 Å². The maximum absolute atomic E-state index is 4.31. The Kier molecular flexibility index (Phi) is 8.99. The predicted octanol–water partition coefficient (Wildman–Crippen LogP) is 2.78. The van der Waals surface area contributed by atoms with E-state index < -0.39 is 0 Å². The molecule has 5 nitrogen and oxygen atoms in total. The Labute approximate surface area is 170 Å². The molecule has 0 bridgehead atoms. The van der Waals surface area contributed by atoms with Crippen molar-refractivity contribution in [2.75, 3.05) is 44.7 Å². The monoisotopic (exact) mass is 459 g/mol. The zero-order valence-electron chi connectivity index (χ0n) is 16.2. The molecule has 1 aliphatic heterocycles. The molecule has 0 spiro atoms. The molecule has 1 aromatic carbocycles. The van der Waals surface area contributed by atoms with Crippen LogP contribution in [0.2, 0.25) is 0 Å². The van der Waals surface area contributed by atoms with Gasteiger partial charge in [-0.15, -0.1) is 24.0 Å². The van der Waals surface area contributed by atoms with E-state index in [1.807, 2.05) is 7.05 Å². The molecule has 6 heteroatoms. The fourth-order valence-corrected chi connectivity index (χ4v) is 2.97. The van der Waals surface area contributed by atoms with Gasteiger partial charge in [0.05, 0.1) is 0 Å². The molecule has 25 heavy (non-hydrogen) atoms. The number of nitrogens with zero attached hydrogens (tertiary/aromatic N) is 3. The minimum atomic E-state index is 0. The second kappa shape index (κ2) is 10.2. The molecule has 0 radical (unpaired) electrons. The van der Waals surface area contributed by atoms with Crippen LogP contribution in [-0.2, 0) is 0 Å². The summed E-state index contributed by atoms with van der Waals surface area (Å²) in [6, 6.07) is 11.2. The zero-order valence-corrected chi connectivity index (χ0v) is 18.6. The van der Waals surface area contributed by atoms with Crippen molar-refractivity contribution in [1.82, 2.24) is 15.5 Å². The molecule has 1 heterocycles. The van der Waals surface area contributed by atoms with Gasteiger partial charge in [0.2, 0.25) is 0 Å². The lowest BCUT2D eigenvalue weighted by atomic mass is 10.1. The fraction of sp³-hybridized carbons (Fsp3) is 0.632. The SMILES string of the molecule is CN=C(NCC(C)N1CCN(c2ccccc2)CC1)NC(C)(C)C.I. The largest absolute Gasteiger partial charge is 0.369 e. The van der Waals surface area contributed by atoms with E-state index in [9.17, 15) is 0 Å². The lowest BCUT2D eigenvalue weighted by Gasteiger charge is -2.39. The van der Waals surface area contributed by atoms with Crippen LogP contribution in [-0.4, -0.2) is 62.2 Å². The van der Waals surface area contributed by atoms with Gasteiger partial charge in [-0.25, -0.2) is 0 Å². The second-order valence-electron chi connectivity index (χ2n) is 7.54. The first kappa shape index (κ1) is 22.0. The van der Waals surface area contributed by atoms with E-state index in [0.29, 0.717) is 6.04 Å². The first-order valence-corrected chi connectivity index (χ1v) is 8.92. The Bertz CT molecular complexity index is 518. The van der Waals surface area contributed by atoms with Gasteiger partial charge in [0.1, 0.15) is 0 Å². The Balaban J connectivity index is 0.00000312. The fourth-order valence-electron chi connectivity index (χ4n) is 2.97. The van der Waals surface area contributed by atoms with Gasteiger partial charge < -0.3 is 15.5 Å². The minimum Gasteiger partial charge on any atom is -0.369 e. The van der Waals surface area contributed by atoms with Crippen LogP contribution in [0.5, 0.6) is 0 Å². The second-order valence-corrected chi connectivity index (χ2v) is 7.54. The molecule has 0 saturated carbocycles. The maximum Gasteiger partial charge on any atom is 0.191 e. The number of rotatable bonds is 4. The summed E-state index contributed by atoms with van der Waals surface area (Å²) in [5.74, 6) is 0.872. The summed E-state index contributed by atoms with van der Waals surface area (Å²) in [6.45, 7) is 14.0. The number of para-hydroxylation sites is 1. The third kappa shape index (κ3) is 7.40. The molecule has 1 aromatic rings. The quantitative estimate of drug-likeness (QED) is 0.413. The summed E-state index contributed by atoms with van der Waals surface area (Å²) >= 11 is 0. The summed E-state index contributed by atoms with van der Waals surface area (Å²) in [4.78, 5) is 9.33.